The van der Waals surface area contributed by atoms with Crippen LogP contribution >= 0.6 is 0 Å². The maximum Gasteiger partial charge on any atom is 0.225 e. The summed E-state index contributed by atoms with van der Waals surface area (Å²) < 4.78 is 0. The summed E-state index contributed by atoms with van der Waals surface area (Å²) in [7, 11) is 0. The molecule has 0 radical (unpaired) electrons. The van der Waals surface area contributed by atoms with Crippen molar-refractivity contribution in [1.29, 1.82) is 0 Å². The van der Waals surface area contributed by atoms with Crippen molar-refractivity contribution in [3.63, 3.8) is 0 Å². The molecule has 2 aromatic carbocycles. The van der Waals surface area contributed by atoms with Crippen molar-refractivity contribution in [3.05, 3.63) is 72.3 Å². The molecule has 0 atom stereocenters. The third kappa shape index (κ3) is 7.51. The Balaban J connectivity index is 1.60. The molecule has 0 aliphatic carbocycles. The van der Waals surface area contributed by atoms with E-state index in [0.29, 0.717) is 5.95 Å². The van der Waals surface area contributed by atoms with Crippen molar-refractivity contribution >= 4 is 11.8 Å². The fourth-order valence-electron chi connectivity index (χ4n) is 3.46. The summed E-state index contributed by atoms with van der Waals surface area (Å²) >= 11 is 0. The first-order chi connectivity index (χ1) is 14.8. The molecule has 3 aromatic rings. The van der Waals surface area contributed by atoms with E-state index in [0.717, 1.165) is 43.0 Å². The van der Waals surface area contributed by atoms with Crippen LogP contribution in [0.1, 0.15) is 51.0 Å². The van der Waals surface area contributed by atoms with Gasteiger partial charge in [0, 0.05) is 24.7 Å². The van der Waals surface area contributed by atoms with Crippen LogP contribution in [0.25, 0.3) is 11.3 Å². The zero-order valence-corrected chi connectivity index (χ0v) is 18.1. The van der Waals surface area contributed by atoms with Gasteiger partial charge in [0.2, 0.25) is 5.95 Å². The molecule has 0 bridgehead atoms. The number of nitrogens with one attached hydrogen (secondary N) is 2. The number of unbranched alkanes of at least 4 members (excludes halogenated alkanes) is 5. The van der Waals surface area contributed by atoms with Gasteiger partial charge in [0.25, 0.3) is 0 Å². The van der Waals surface area contributed by atoms with Gasteiger partial charge < -0.3 is 10.6 Å². The number of rotatable bonds is 13. The zero-order chi connectivity index (χ0) is 20.9. The lowest BCUT2D eigenvalue weighted by Gasteiger charge is -2.12. The monoisotopic (exact) mass is 402 g/mol. The Kier molecular flexibility index (Phi) is 9.19. The molecule has 0 aliphatic rings. The van der Waals surface area contributed by atoms with Crippen LogP contribution in [0.4, 0.5) is 11.8 Å². The number of nitrogens with zero attached hydrogens (tertiary/aromatic N) is 2. The Labute approximate surface area is 181 Å². The van der Waals surface area contributed by atoms with Gasteiger partial charge >= 0.3 is 0 Å². The van der Waals surface area contributed by atoms with E-state index in [9.17, 15) is 0 Å². The molecule has 30 heavy (non-hydrogen) atoms. The highest BCUT2D eigenvalue weighted by atomic mass is 15.1. The Morgan fingerprint density at radius 3 is 2.17 bits per heavy atom. The first-order valence-corrected chi connectivity index (χ1v) is 11.3. The molecular formula is C26H34N4. The van der Waals surface area contributed by atoms with Gasteiger partial charge in [-0.25, -0.2) is 4.98 Å². The maximum atomic E-state index is 4.75. The second kappa shape index (κ2) is 12.6. The number of aromatic nitrogens is 2. The fourth-order valence-corrected chi connectivity index (χ4v) is 3.46. The molecule has 0 unspecified atom stereocenters. The van der Waals surface area contributed by atoms with Gasteiger partial charge in [0.05, 0.1) is 5.69 Å². The van der Waals surface area contributed by atoms with Gasteiger partial charge in [0.15, 0.2) is 0 Å². The second-order valence-corrected chi connectivity index (χ2v) is 7.68. The Hall–Kier alpha value is -2.88. The standard InChI is InChI=1S/C26H34N4/c1-2-3-4-5-6-13-19-28-26-29-24(23-16-11-8-12-17-23)21-25(30-26)27-20-18-22-14-9-7-10-15-22/h7-12,14-17,21H,2-6,13,18-20H2,1H3,(H2,27,28,29,30). The summed E-state index contributed by atoms with van der Waals surface area (Å²) in [5, 5.41) is 6.91. The third-order valence-electron chi connectivity index (χ3n) is 5.17. The summed E-state index contributed by atoms with van der Waals surface area (Å²) in [6.07, 6.45) is 8.66. The summed E-state index contributed by atoms with van der Waals surface area (Å²) in [5.41, 5.74) is 3.37. The quantitative estimate of drug-likeness (QED) is 0.317. The summed E-state index contributed by atoms with van der Waals surface area (Å²) in [4.78, 5) is 9.46. The third-order valence-corrected chi connectivity index (χ3v) is 5.17. The number of hydrogen-bond acceptors (Lipinski definition) is 4. The first-order valence-electron chi connectivity index (χ1n) is 11.3. The Morgan fingerprint density at radius 1 is 0.700 bits per heavy atom. The highest BCUT2D eigenvalue weighted by Gasteiger charge is 2.07. The highest BCUT2D eigenvalue weighted by Crippen LogP contribution is 2.21. The highest BCUT2D eigenvalue weighted by molar-refractivity contribution is 5.64. The second-order valence-electron chi connectivity index (χ2n) is 7.68. The van der Waals surface area contributed by atoms with E-state index in [1.807, 2.05) is 24.3 Å². The van der Waals surface area contributed by atoms with Crippen LogP contribution in [0, 0.1) is 0 Å². The normalized spacial score (nSPS) is 10.7. The predicted molar refractivity (Wildman–Crippen MR) is 128 cm³/mol. The minimum absolute atomic E-state index is 0.701. The molecule has 0 fully saturated rings. The SMILES string of the molecule is CCCCCCCCNc1nc(NCCc2ccccc2)cc(-c2ccccc2)n1. The van der Waals surface area contributed by atoms with E-state index in [2.05, 4.69) is 60.0 Å². The van der Waals surface area contributed by atoms with Crippen LogP contribution in [-0.2, 0) is 6.42 Å². The van der Waals surface area contributed by atoms with E-state index in [1.54, 1.807) is 0 Å². The van der Waals surface area contributed by atoms with Crippen molar-refractivity contribution in [2.45, 2.75) is 51.9 Å². The summed E-state index contributed by atoms with van der Waals surface area (Å²) in [5.74, 6) is 1.57. The average molecular weight is 403 g/mol. The largest absolute Gasteiger partial charge is 0.370 e. The van der Waals surface area contributed by atoms with Crippen molar-refractivity contribution in [1.82, 2.24) is 9.97 Å². The molecule has 1 heterocycles. The smallest absolute Gasteiger partial charge is 0.225 e. The van der Waals surface area contributed by atoms with Gasteiger partial charge in [-0.3, -0.25) is 0 Å². The number of benzene rings is 2. The Bertz CT molecular complexity index is 849. The zero-order valence-electron chi connectivity index (χ0n) is 18.1. The van der Waals surface area contributed by atoms with Crippen LogP contribution in [0.15, 0.2) is 66.7 Å². The topological polar surface area (TPSA) is 49.8 Å². The molecule has 0 amide bonds. The van der Waals surface area contributed by atoms with Gasteiger partial charge in [0.1, 0.15) is 5.82 Å². The van der Waals surface area contributed by atoms with Gasteiger partial charge in [-0.05, 0) is 18.4 Å². The van der Waals surface area contributed by atoms with E-state index in [4.69, 9.17) is 9.97 Å². The molecule has 0 aliphatic heterocycles. The van der Waals surface area contributed by atoms with Crippen molar-refractivity contribution in [2.75, 3.05) is 23.7 Å². The van der Waals surface area contributed by atoms with Crippen molar-refractivity contribution < 1.29 is 0 Å². The van der Waals surface area contributed by atoms with E-state index in [-0.39, 0.29) is 0 Å². The lowest BCUT2D eigenvalue weighted by Crippen LogP contribution is -2.10. The van der Waals surface area contributed by atoms with Crippen LogP contribution < -0.4 is 10.6 Å². The molecule has 4 heteroatoms. The summed E-state index contributed by atoms with van der Waals surface area (Å²) in [6.45, 7) is 4.00. The molecular weight excluding hydrogens is 368 g/mol. The van der Waals surface area contributed by atoms with E-state index < -0.39 is 0 Å². The molecule has 0 spiro atoms. The fraction of sp³-hybridized carbons (Fsp3) is 0.385. The van der Waals surface area contributed by atoms with Gasteiger partial charge in [-0.15, -0.1) is 0 Å². The summed E-state index contributed by atoms with van der Waals surface area (Å²) in [6, 6.07) is 22.9. The number of hydrogen-bond donors (Lipinski definition) is 2. The Morgan fingerprint density at radius 2 is 1.40 bits per heavy atom. The minimum atomic E-state index is 0.701. The van der Waals surface area contributed by atoms with E-state index in [1.165, 1.54) is 37.7 Å². The predicted octanol–water partition coefficient (Wildman–Crippen LogP) is 6.57. The molecule has 3 rings (SSSR count). The van der Waals surface area contributed by atoms with Gasteiger partial charge in [-0.2, -0.15) is 4.98 Å². The molecule has 1 aromatic heterocycles. The maximum absolute atomic E-state index is 4.75. The lowest BCUT2D eigenvalue weighted by atomic mass is 10.1. The van der Waals surface area contributed by atoms with Gasteiger partial charge in [-0.1, -0.05) is 99.7 Å². The van der Waals surface area contributed by atoms with Crippen LogP contribution in [-0.4, -0.2) is 23.1 Å². The van der Waals surface area contributed by atoms with Crippen LogP contribution in [0.2, 0.25) is 0 Å². The van der Waals surface area contributed by atoms with E-state index >= 15 is 0 Å². The molecule has 0 saturated carbocycles. The average Bonchev–Trinajstić information content (AvgIpc) is 2.80. The molecule has 2 N–H and O–H groups in total. The first kappa shape index (κ1) is 21.8. The minimum Gasteiger partial charge on any atom is -0.370 e. The van der Waals surface area contributed by atoms with Crippen molar-refractivity contribution in [3.8, 4) is 11.3 Å². The molecule has 0 saturated heterocycles. The molecule has 4 nitrogen and oxygen atoms in total. The lowest BCUT2D eigenvalue weighted by molar-refractivity contribution is 0.616. The van der Waals surface area contributed by atoms with Crippen molar-refractivity contribution in [2.24, 2.45) is 0 Å². The molecule has 158 valence electrons. The van der Waals surface area contributed by atoms with Crippen LogP contribution in [0.3, 0.4) is 0 Å². The number of anilines is 2. The van der Waals surface area contributed by atoms with Crippen LogP contribution in [0.5, 0.6) is 0 Å².